The van der Waals surface area contributed by atoms with Crippen LogP contribution in [0.2, 0.25) is 0 Å². The molecule has 0 saturated carbocycles. The largest absolute Gasteiger partial charge is 0.325 e. The minimum Gasteiger partial charge on any atom is -0.325 e. The number of hydrogen-bond donors (Lipinski definition) is 1. The van der Waals surface area contributed by atoms with E-state index in [0.29, 0.717) is 0 Å². The molecule has 2 rings (SSSR count). The fraction of sp³-hybridized carbons (Fsp3) is 0.250. The zero-order valence-electron chi connectivity index (χ0n) is 11.9. The minimum atomic E-state index is -0.333. The van der Waals surface area contributed by atoms with Crippen molar-refractivity contribution in [2.24, 2.45) is 0 Å². The van der Waals surface area contributed by atoms with Crippen LogP contribution in [0.25, 0.3) is 0 Å². The fourth-order valence-corrected chi connectivity index (χ4v) is 2.15. The van der Waals surface area contributed by atoms with E-state index in [1.165, 1.54) is 4.90 Å². The Morgan fingerprint density at radius 2 is 1.90 bits per heavy atom. The first-order valence-corrected chi connectivity index (χ1v) is 6.60. The van der Waals surface area contributed by atoms with E-state index in [4.69, 9.17) is 0 Å². The van der Waals surface area contributed by atoms with Gasteiger partial charge in [0.25, 0.3) is 11.5 Å². The average molecular weight is 270 g/mol. The number of benzene rings is 1. The number of hydrogen-bond acceptors (Lipinski definition) is 2. The number of aromatic amines is 1. The number of rotatable bonds is 3. The molecular formula is C16H18N2O2. The molecule has 0 aliphatic heterocycles. The maximum absolute atomic E-state index is 12.4. The van der Waals surface area contributed by atoms with Gasteiger partial charge in [0.05, 0.1) is 0 Å². The molecule has 0 fully saturated rings. The van der Waals surface area contributed by atoms with Gasteiger partial charge in [0.15, 0.2) is 0 Å². The second-order valence-electron chi connectivity index (χ2n) is 4.73. The number of anilines is 1. The number of nitrogens with one attached hydrogen (secondary N) is 1. The van der Waals surface area contributed by atoms with Gasteiger partial charge >= 0.3 is 0 Å². The summed E-state index contributed by atoms with van der Waals surface area (Å²) in [5.74, 6) is -0.303. The first-order chi connectivity index (χ1) is 9.54. The normalized spacial score (nSPS) is 10.3. The molecule has 0 unspecified atom stereocenters. The van der Waals surface area contributed by atoms with E-state index in [1.807, 2.05) is 44.2 Å². The van der Waals surface area contributed by atoms with Crippen LogP contribution in [0.3, 0.4) is 0 Å². The molecule has 2 aromatic rings. The van der Waals surface area contributed by atoms with Gasteiger partial charge in [-0.25, -0.2) is 0 Å². The number of carbonyl (C=O) groups excluding carboxylic acids is 1. The number of para-hydroxylation sites is 1. The summed E-state index contributed by atoms with van der Waals surface area (Å²) in [6.07, 6.45) is 0.740. The number of amides is 1. The van der Waals surface area contributed by atoms with Crippen molar-refractivity contribution in [1.82, 2.24) is 4.98 Å². The van der Waals surface area contributed by atoms with Crippen molar-refractivity contribution in [1.29, 1.82) is 0 Å². The SMILES string of the molecule is CCc1[nH]c(=O)c(C(=O)N(C)c2ccccc2)cc1C. The Hall–Kier alpha value is -2.36. The van der Waals surface area contributed by atoms with Crippen molar-refractivity contribution in [3.63, 3.8) is 0 Å². The highest BCUT2D eigenvalue weighted by atomic mass is 16.2. The van der Waals surface area contributed by atoms with Crippen LogP contribution in [0.15, 0.2) is 41.2 Å². The van der Waals surface area contributed by atoms with Gasteiger partial charge in [-0.2, -0.15) is 0 Å². The number of nitrogens with zero attached hydrogens (tertiary/aromatic N) is 1. The highest BCUT2D eigenvalue weighted by molar-refractivity contribution is 6.05. The van der Waals surface area contributed by atoms with Gasteiger partial charge in [0.1, 0.15) is 5.56 Å². The van der Waals surface area contributed by atoms with Gasteiger partial charge in [0, 0.05) is 18.4 Å². The van der Waals surface area contributed by atoms with Gasteiger partial charge in [0.2, 0.25) is 0 Å². The Kier molecular flexibility index (Phi) is 4.03. The van der Waals surface area contributed by atoms with Crippen LogP contribution < -0.4 is 10.5 Å². The summed E-state index contributed by atoms with van der Waals surface area (Å²) in [4.78, 5) is 28.7. The molecule has 0 bridgehead atoms. The second-order valence-corrected chi connectivity index (χ2v) is 4.73. The van der Waals surface area contributed by atoms with Gasteiger partial charge in [-0.3, -0.25) is 9.59 Å². The van der Waals surface area contributed by atoms with Gasteiger partial charge < -0.3 is 9.88 Å². The van der Waals surface area contributed by atoms with Gasteiger partial charge in [-0.15, -0.1) is 0 Å². The molecule has 0 aliphatic carbocycles. The molecule has 1 heterocycles. The van der Waals surface area contributed by atoms with Gasteiger partial charge in [-0.1, -0.05) is 25.1 Å². The number of aryl methyl sites for hydroxylation is 2. The smallest absolute Gasteiger partial charge is 0.263 e. The third-order valence-electron chi connectivity index (χ3n) is 3.38. The van der Waals surface area contributed by atoms with Crippen LogP contribution in [-0.4, -0.2) is 17.9 Å². The summed E-state index contributed by atoms with van der Waals surface area (Å²) in [5.41, 5.74) is 2.39. The lowest BCUT2D eigenvalue weighted by Crippen LogP contribution is -2.32. The summed E-state index contributed by atoms with van der Waals surface area (Å²) in [6, 6.07) is 10.9. The molecule has 0 atom stereocenters. The number of pyridine rings is 1. The van der Waals surface area contributed by atoms with Crippen molar-refractivity contribution in [2.75, 3.05) is 11.9 Å². The Balaban J connectivity index is 2.39. The standard InChI is InChI=1S/C16H18N2O2/c1-4-14-11(2)10-13(15(19)17-14)16(20)18(3)12-8-6-5-7-9-12/h5-10H,4H2,1-3H3,(H,17,19). The van der Waals surface area contributed by atoms with Crippen LogP contribution in [0.1, 0.15) is 28.5 Å². The molecule has 1 aromatic heterocycles. The highest BCUT2D eigenvalue weighted by Gasteiger charge is 2.17. The molecule has 4 heteroatoms. The zero-order chi connectivity index (χ0) is 14.7. The van der Waals surface area contributed by atoms with Crippen molar-refractivity contribution in [2.45, 2.75) is 20.3 Å². The van der Waals surface area contributed by atoms with Crippen molar-refractivity contribution in [3.05, 3.63) is 63.6 Å². The Morgan fingerprint density at radius 3 is 2.50 bits per heavy atom. The average Bonchev–Trinajstić information content (AvgIpc) is 2.48. The van der Waals surface area contributed by atoms with Crippen LogP contribution in [0.4, 0.5) is 5.69 Å². The van der Waals surface area contributed by atoms with Crippen LogP contribution >= 0.6 is 0 Å². The molecule has 0 saturated heterocycles. The van der Waals surface area contributed by atoms with E-state index in [2.05, 4.69) is 4.98 Å². The van der Waals surface area contributed by atoms with E-state index in [1.54, 1.807) is 13.1 Å². The number of H-pyrrole nitrogens is 1. The van der Waals surface area contributed by atoms with Crippen LogP contribution in [0.5, 0.6) is 0 Å². The predicted octanol–water partition coefficient (Wildman–Crippen LogP) is 2.52. The summed E-state index contributed by atoms with van der Waals surface area (Å²) < 4.78 is 0. The molecule has 0 radical (unpaired) electrons. The van der Waals surface area contributed by atoms with E-state index in [9.17, 15) is 9.59 Å². The lowest BCUT2D eigenvalue weighted by atomic mass is 10.1. The molecule has 104 valence electrons. The third-order valence-corrected chi connectivity index (χ3v) is 3.38. The first-order valence-electron chi connectivity index (χ1n) is 6.60. The maximum atomic E-state index is 12.4. The topological polar surface area (TPSA) is 53.2 Å². The van der Waals surface area contributed by atoms with Gasteiger partial charge in [-0.05, 0) is 37.1 Å². The zero-order valence-corrected chi connectivity index (χ0v) is 11.9. The van der Waals surface area contributed by atoms with E-state index in [0.717, 1.165) is 23.4 Å². The monoisotopic (exact) mass is 270 g/mol. The van der Waals surface area contributed by atoms with Crippen molar-refractivity contribution in [3.8, 4) is 0 Å². The summed E-state index contributed by atoms with van der Waals surface area (Å²) in [6.45, 7) is 3.87. The Morgan fingerprint density at radius 1 is 1.25 bits per heavy atom. The molecule has 20 heavy (non-hydrogen) atoms. The Labute approximate surface area is 118 Å². The molecule has 0 spiro atoms. The highest BCUT2D eigenvalue weighted by Crippen LogP contribution is 2.14. The lowest BCUT2D eigenvalue weighted by Gasteiger charge is -2.17. The summed E-state index contributed by atoms with van der Waals surface area (Å²) >= 11 is 0. The van der Waals surface area contributed by atoms with E-state index < -0.39 is 0 Å². The quantitative estimate of drug-likeness (QED) is 0.931. The second kappa shape index (κ2) is 5.74. The third kappa shape index (κ3) is 2.64. The predicted molar refractivity (Wildman–Crippen MR) is 80.4 cm³/mol. The maximum Gasteiger partial charge on any atom is 0.263 e. The number of aromatic nitrogens is 1. The van der Waals surface area contributed by atoms with Crippen molar-refractivity contribution < 1.29 is 4.79 Å². The molecule has 1 aromatic carbocycles. The molecule has 4 nitrogen and oxygen atoms in total. The van der Waals surface area contributed by atoms with Crippen molar-refractivity contribution >= 4 is 11.6 Å². The van der Waals surface area contributed by atoms with E-state index in [-0.39, 0.29) is 17.0 Å². The fourth-order valence-electron chi connectivity index (χ4n) is 2.15. The lowest BCUT2D eigenvalue weighted by molar-refractivity contribution is 0.0991. The van der Waals surface area contributed by atoms with E-state index >= 15 is 0 Å². The van der Waals surface area contributed by atoms with Crippen LogP contribution in [0, 0.1) is 6.92 Å². The molecule has 1 amide bonds. The minimum absolute atomic E-state index is 0.172. The van der Waals surface area contributed by atoms with Crippen LogP contribution in [-0.2, 0) is 6.42 Å². The molecular weight excluding hydrogens is 252 g/mol. The summed E-state index contributed by atoms with van der Waals surface area (Å²) in [7, 11) is 1.67. The number of carbonyl (C=O) groups is 1. The first kappa shape index (κ1) is 14.1. The Bertz CT molecular complexity index is 675. The molecule has 1 N–H and O–H groups in total. The summed E-state index contributed by atoms with van der Waals surface area (Å²) in [5, 5.41) is 0. The molecule has 0 aliphatic rings.